The number of hydrogen-bond acceptors (Lipinski definition) is 3. The average Bonchev–Trinajstić information content (AvgIpc) is 2.29. The Kier molecular flexibility index (Phi) is 4.40. The number of aliphatic hydroxyl groups is 1. The first-order chi connectivity index (χ1) is 8.24. The van der Waals surface area contributed by atoms with E-state index in [1.54, 1.807) is 0 Å². The van der Waals surface area contributed by atoms with Crippen LogP contribution in [0, 0.1) is 11.3 Å². The maximum atomic E-state index is 11.8. The van der Waals surface area contributed by atoms with Gasteiger partial charge in [-0.25, -0.2) is 0 Å². The van der Waals surface area contributed by atoms with Gasteiger partial charge >= 0.3 is 0 Å². The highest BCUT2D eigenvalue weighted by molar-refractivity contribution is 5.76. The predicted octanol–water partition coefficient (Wildman–Crippen LogP) is 0.655. The molecule has 2 fully saturated rings. The third-order valence-corrected chi connectivity index (χ3v) is 4.34. The summed E-state index contributed by atoms with van der Waals surface area (Å²) in [5.74, 6) is 0.708. The molecule has 1 saturated carbocycles. The van der Waals surface area contributed by atoms with Gasteiger partial charge in [-0.3, -0.25) is 4.79 Å². The van der Waals surface area contributed by atoms with Crippen molar-refractivity contribution in [1.82, 2.24) is 10.6 Å². The largest absolute Gasteiger partial charge is 0.396 e. The molecule has 0 spiro atoms. The van der Waals surface area contributed by atoms with E-state index in [1.165, 1.54) is 6.42 Å². The Morgan fingerprint density at radius 2 is 2.06 bits per heavy atom. The number of hydrogen-bond donors (Lipinski definition) is 3. The summed E-state index contributed by atoms with van der Waals surface area (Å²) in [5, 5.41) is 15.6. The van der Waals surface area contributed by atoms with Gasteiger partial charge < -0.3 is 15.7 Å². The Bertz CT molecular complexity index is 253. The van der Waals surface area contributed by atoms with Crippen molar-refractivity contribution in [3.05, 3.63) is 0 Å². The number of piperidine rings is 1. The first-order valence-electron chi connectivity index (χ1n) is 6.82. The van der Waals surface area contributed by atoms with Crippen molar-refractivity contribution < 1.29 is 9.90 Å². The van der Waals surface area contributed by atoms with Crippen LogP contribution in [0.4, 0.5) is 0 Å². The van der Waals surface area contributed by atoms with Gasteiger partial charge in [0.15, 0.2) is 0 Å². The Morgan fingerprint density at radius 1 is 1.35 bits per heavy atom. The summed E-state index contributed by atoms with van der Waals surface area (Å²) in [6.07, 6.45) is 6.17. The summed E-state index contributed by atoms with van der Waals surface area (Å²) in [6.45, 7) is 2.95. The summed E-state index contributed by atoms with van der Waals surface area (Å²) in [6, 6.07) is 0. The molecule has 0 unspecified atom stereocenters. The van der Waals surface area contributed by atoms with E-state index >= 15 is 0 Å². The zero-order chi connectivity index (χ0) is 12.1. The molecule has 2 rings (SSSR count). The van der Waals surface area contributed by atoms with Crippen molar-refractivity contribution in [2.24, 2.45) is 11.3 Å². The van der Waals surface area contributed by atoms with Gasteiger partial charge in [-0.1, -0.05) is 6.42 Å². The number of rotatable bonds is 5. The lowest BCUT2D eigenvalue weighted by Crippen LogP contribution is -2.45. The molecule has 1 aliphatic carbocycles. The second-order valence-corrected chi connectivity index (χ2v) is 5.69. The van der Waals surface area contributed by atoms with Crippen molar-refractivity contribution in [3.63, 3.8) is 0 Å². The second kappa shape index (κ2) is 5.83. The maximum Gasteiger partial charge on any atom is 0.220 e. The Balaban J connectivity index is 1.66. The molecule has 4 nitrogen and oxygen atoms in total. The molecule has 0 aromatic heterocycles. The molecule has 0 radical (unpaired) electrons. The maximum absolute atomic E-state index is 11.8. The van der Waals surface area contributed by atoms with Crippen LogP contribution in [0.25, 0.3) is 0 Å². The summed E-state index contributed by atoms with van der Waals surface area (Å²) in [5.41, 5.74) is 0.00375. The molecule has 1 amide bonds. The van der Waals surface area contributed by atoms with Gasteiger partial charge in [-0.05, 0) is 44.7 Å². The Hall–Kier alpha value is -0.610. The van der Waals surface area contributed by atoms with E-state index in [-0.39, 0.29) is 17.9 Å². The number of carbonyl (C=O) groups excluding carboxylic acids is 1. The van der Waals surface area contributed by atoms with E-state index in [2.05, 4.69) is 10.6 Å². The van der Waals surface area contributed by atoms with E-state index in [0.29, 0.717) is 18.9 Å². The van der Waals surface area contributed by atoms with Gasteiger partial charge in [-0.2, -0.15) is 0 Å². The molecule has 2 aliphatic rings. The molecule has 0 aromatic carbocycles. The van der Waals surface area contributed by atoms with Crippen molar-refractivity contribution in [2.75, 3.05) is 26.2 Å². The van der Waals surface area contributed by atoms with E-state index in [0.717, 1.165) is 38.8 Å². The van der Waals surface area contributed by atoms with Crippen LogP contribution < -0.4 is 10.6 Å². The molecule has 3 N–H and O–H groups in total. The average molecular weight is 240 g/mol. The molecule has 0 aromatic rings. The lowest BCUT2D eigenvalue weighted by Gasteiger charge is -2.40. The van der Waals surface area contributed by atoms with Crippen molar-refractivity contribution >= 4 is 5.91 Å². The van der Waals surface area contributed by atoms with Crippen molar-refractivity contribution in [1.29, 1.82) is 0 Å². The SMILES string of the molecule is O=C(CC1CCNCC1)NCC1(CO)CCC1. The highest BCUT2D eigenvalue weighted by Gasteiger charge is 2.36. The lowest BCUT2D eigenvalue weighted by molar-refractivity contribution is -0.123. The van der Waals surface area contributed by atoms with Gasteiger partial charge in [0.25, 0.3) is 0 Å². The van der Waals surface area contributed by atoms with Crippen LogP contribution in [0.15, 0.2) is 0 Å². The quantitative estimate of drug-likeness (QED) is 0.661. The van der Waals surface area contributed by atoms with Crippen LogP contribution in [-0.2, 0) is 4.79 Å². The molecule has 17 heavy (non-hydrogen) atoms. The molecule has 4 heteroatoms. The summed E-state index contributed by atoms with van der Waals surface area (Å²) in [4.78, 5) is 11.8. The van der Waals surface area contributed by atoms with Gasteiger partial charge in [-0.15, -0.1) is 0 Å². The number of carbonyl (C=O) groups is 1. The van der Waals surface area contributed by atoms with Crippen LogP contribution in [-0.4, -0.2) is 37.3 Å². The monoisotopic (exact) mass is 240 g/mol. The topological polar surface area (TPSA) is 61.4 Å². The van der Waals surface area contributed by atoms with Crippen LogP contribution in [0.2, 0.25) is 0 Å². The molecular formula is C13H24N2O2. The zero-order valence-electron chi connectivity index (χ0n) is 10.5. The zero-order valence-corrected chi connectivity index (χ0v) is 10.5. The van der Waals surface area contributed by atoms with E-state index in [4.69, 9.17) is 0 Å². The normalized spacial score (nSPS) is 24.1. The molecule has 1 saturated heterocycles. The smallest absolute Gasteiger partial charge is 0.220 e. The fourth-order valence-corrected chi connectivity index (χ4v) is 2.77. The second-order valence-electron chi connectivity index (χ2n) is 5.69. The summed E-state index contributed by atoms with van der Waals surface area (Å²) < 4.78 is 0. The minimum Gasteiger partial charge on any atom is -0.396 e. The number of aliphatic hydroxyl groups excluding tert-OH is 1. The van der Waals surface area contributed by atoms with Crippen LogP contribution >= 0.6 is 0 Å². The minimum atomic E-state index is 0.00375. The summed E-state index contributed by atoms with van der Waals surface area (Å²) in [7, 11) is 0. The van der Waals surface area contributed by atoms with Crippen molar-refractivity contribution in [3.8, 4) is 0 Å². The third-order valence-electron chi connectivity index (χ3n) is 4.34. The van der Waals surface area contributed by atoms with Gasteiger partial charge in [0, 0.05) is 18.4 Å². The molecule has 98 valence electrons. The Morgan fingerprint density at radius 3 is 2.59 bits per heavy atom. The van der Waals surface area contributed by atoms with E-state index < -0.39 is 0 Å². The number of nitrogens with one attached hydrogen (secondary N) is 2. The van der Waals surface area contributed by atoms with Crippen LogP contribution in [0.5, 0.6) is 0 Å². The van der Waals surface area contributed by atoms with Gasteiger partial charge in [0.1, 0.15) is 0 Å². The highest BCUT2D eigenvalue weighted by Crippen LogP contribution is 2.39. The predicted molar refractivity (Wildman–Crippen MR) is 66.6 cm³/mol. The van der Waals surface area contributed by atoms with Crippen LogP contribution in [0.1, 0.15) is 38.5 Å². The van der Waals surface area contributed by atoms with E-state index in [9.17, 15) is 9.90 Å². The summed E-state index contributed by atoms with van der Waals surface area (Å²) >= 11 is 0. The minimum absolute atomic E-state index is 0.00375. The molecular weight excluding hydrogens is 216 g/mol. The molecule has 0 bridgehead atoms. The highest BCUT2D eigenvalue weighted by atomic mass is 16.3. The molecule has 0 atom stereocenters. The van der Waals surface area contributed by atoms with Gasteiger partial charge in [0.05, 0.1) is 6.61 Å². The lowest BCUT2D eigenvalue weighted by atomic mass is 9.69. The first kappa shape index (κ1) is 12.8. The first-order valence-corrected chi connectivity index (χ1v) is 6.82. The standard InChI is InChI=1S/C13H24N2O2/c16-10-13(4-1-5-13)9-15-12(17)8-11-2-6-14-7-3-11/h11,14,16H,1-10H2,(H,15,17). The Labute approximate surface area is 103 Å². The molecule has 1 heterocycles. The molecule has 1 aliphatic heterocycles. The van der Waals surface area contributed by atoms with Crippen LogP contribution in [0.3, 0.4) is 0 Å². The fourth-order valence-electron chi connectivity index (χ4n) is 2.77. The van der Waals surface area contributed by atoms with E-state index in [1.807, 2.05) is 0 Å². The fraction of sp³-hybridized carbons (Fsp3) is 0.923. The van der Waals surface area contributed by atoms with Crippen molar-refractivity contribution in [2.45, 2.75) is 38.5 Å². The number of amides is 1. The van der Waals surface area contributed by atoms with Gasteiger partial charge in [0.2, 0.25) is 5.91 Å². The third kappa shape index (κ3) is 3.42.